The van der Waals surface area contributed by atoms with Crippen LogP contribution in [0.5, 0.6) is 0 Å². The molecule has 5 nitrogen and oxygen atoms in total. The van der Waals surface area contributed by atoms with Crippen LogP contribution in [0, 0.1) is 0 Å². The van der Waals surface area contributed by atoms with E-state index in [0.717, 1.165) is 0 Å². The Bertz CT molecular complexity index is 544. The van der Waals surface area contributed by atoms with Gasteiger partial charge in [-0.15, -0.1) is 11.4 Å². The maximum atomic E-state index is 8.44. The van der Waals surface area contributed by atoms with Crippen molar-refractivity contribution >= 4 is 11.4 Å². The molecule has 0 aliphatic heterocycles. The molecule has 0 fully saturated rings. The Balaban J connectivity index is -0.000000875. The average molecular weight is 789 g/mol. The molecule has 0 saturated carbocycles. The Hall–Kier alpha value is -0.0100. The van der Waals surface area contributed by atoms with Crippen molar-refractivity contribution in [1.29, 1.82) is 0 Å². The minimum Gasteiger partial charge on any atom is -0.784 e. The second kappa shape index (κ2) is 47.4. The van der Waals surface area contributed by atoms with Gasteiger partial charge in [-0.25, -0.2) is 0 Å². The van der Waals surface area contributed by atoms with E-state index in [2.05, 4.69) is 55.4 Å². The third-order valence-corrected chi connectivity index (χ3v) is 11.9. The molecule has 0 spiro atoms. The summed E-state index contributed by atoms with van der Waals surface area (Å²) in [4.78, 5) is 0. The SMILES string of the molecule is CCCCCC[N+](CCCCCC)(CCCCCC)CCCCCC.CCCCCC[N+](CCCCCC)(CCCCCC)CCCCCC.O=S([O-])[O-]. The molecule has 0 unspecified atom stereocenters. The summed E-state index contributed by atoms with van der Waals surface area (Å²) in [6.07, 6.45) is 45.7. The standard InChI is InChI=1S/2C24H52N.H2O3S/c2*1-5-9-13-17-21-25(22-18-14-10-6-2,23-19-15-11-7-3)24-20-16-12-8-4;1-4(2)3/h2*5-24H2,1-4H3;(H2,1,2,3)/q2*+1;/p-2. The van der Waals surface area contributed by atoms with Crippen LogP contribution in [0.3, 0.4) is 0 Å². The molecule has 0 aromatic rings. The third kappa shape index (κ3) is 43.1. The molecule has 0 aliphatic rings. The molecule has 0 aliphatic carbocycles. The van der Waals surface area contributed by atoms with Crippen LogP contribution in [0.25, 0.3) is 0 Å². The molecule has 6 heteroatoms. The summed E-state index contributed by atoms with van der Waals surface area (Å²) >= 11 is -3.11. The lowest BCUT2D eigenvalue weighted by molar-refractivity contribution is -0.929. The van der Waals surface area contributed by atoms with Crippen LogP contribution in [0.15, 0.2) is 0 Å². The molecule has 0 bridgehead atoms. The van der Waals surface area contributed by atoms with Crippen LogP contribution < -0.4 is 0 Å². The van der Waals surface area contributed by atoms with Gasteiger partial charge in [-0.05, 0) is 103 Å². The van der Waals surface area contributed by atoms with E-state index in [-0.39, 0.29) is 0 Å². The van der Waals surface area contributed by atoms with Gasteiger partial charge in [0.1, 0.15) is 0 Å². The van der Waals surface area contributed by atoms with Gasteiger partial charge < -0.3 is 18.1 Å². The van der Waals surface area contributed by atoms with Crippen LogP contribution >= 0.6 is 0 Å². The number of rotatable bonds is 40. The van der Waals surface area contributed by atoms with E-state index >= 15 is 0 Å². The first-order valence-electron chi connectivity index (χ1n) is 24.7. The van der Waals surface area contributed by atoms with Gasteiger partial charge in [0.25, 0.3) is 0 Å². The largest absolute Gasteiger partial charge is 0.784 e. The molecular weight excluding hydrogens is 685 g/mol. The summed E-state index contributed by atoms with van der Waals surface area (Å²) in [5, 5.41) is 0. The summed E-state index contributed by atoms with van der Waals surface area (Å²) in [6, 6.07) is 0. The van der Waals surface area contributed by atoms with E-state index in [1.165, 1.54) is 267 Å². The normalized spacial score (nSPS) is 11.8. The first-order valence-corrected chi connectivity index (χ1v) is 25.7. The Morgan fingerprint density at radius 1 is 0.259 bits per heavy atom. The summed E-state index contributed by atoms with van der Waals surface area (Å²) in [5.41, 5.74) is 0. The van der Waals surface area contributed by atoms with Gasteiger partial charge in [0.2, 0.25) is 0 Å². The van der Waals surface area contributed by atoms with Crippen LogP contribution in [-0.4, -0.2) is 74.6 Å². The van der Waals surface area contributed by atoms with Gasteiger partial charge >= 0.3 is 0 Å². The molecule has 0 aromatic carbocycles. The van der Waals surface area contributed by atoms with Gasteiger partial charge in [0.15, 0.2) is 0 Å². The average Bonchev–Trinajstić information content (AvgIpc) is 3.16. The maximum absolute atomic E-state index is 8.44. The highest BCUT2D eigenvalue weighted by Crippen LogP contribution is 2.21. The lowest BCUT2D eigenvalue weighted by atomic mass is 10.1. The Morgan fingerprint density at radius 2 is 0.370 bits per heavy atom. The lowest BCUT2D eigenvalue weighted by Crippen LogP contribution is -2.50. The van der Waals surface area contributed by atoms with E-state index in [1.54, 1.807) is 0 Å². The number of quaternary nitrogens is 2. The molecule has 330 valence electrons. The van der Waals surface area contributed by atoms with Crippen molar-refractivity contribution < 1.29 is 22.3 Å². The van der Waals surface area contributed by atoms with Gasteiger partial charge in [-0.2, -0.15) is 0 Å². The van der Waals surface area contributed by atoms with Crippen molar-refractivity contribution in [2.75, 3.05) is 52.4 Å². The minimum absolute atomic E-state index is 1.36. The minimum atomic E-state index is -3.11. The van der Waals surface area contributed by atoms with Crippen molar-refractivity contribution in [3.8, 4) is 0 Å². The topological polar surface area (TPSA) is 63.2 Å². The molecular formula is C48H104N2O3S. The molecule has 54 heavy (non-hydrogen) atoms. The monoisotopic (exact) mass is 789 g/mol. The predicted octanol–water partition coefficient (Wildman–Crippen LogP) is 15.2. The van der Waals surface area contributed by atoms with Crippen molar-refractivity contribution in [2.45, 2.75) is 261 Å². The van der Waals surface area contributed by atoms with Gasteiger partial charge in [0, 0.05) is 0 Å². The van der Waals surface area contributed by atoms with E-state index in [9.17, 15) is 0 Å². The quantitative estimate of drug-likeness (QED) is 0.0353. The number of hydrogen-bond donors (Lipinski definition) is 0. The molecule has 0 N–H and O–H groups in total. The van der Waals surface area contributed by atoms with Crippen LogP contribution in [0.2, 0.25) is 0 Å². The summed E-state index contributed by atoms with van der Waals surface area (Å²) in [5.74, 6) is 0. The van der Waals surface area contributed by atoms with E-state index in [4.69, 9.17) is 13.3 Å². The molecule has 0 aromatic heterocycles. The predicted molar refractivity (Wildman–Crippen MR) is 242 cm³/mol. The van der Waals surface area contributed by atoms with Crippen molar-refractivity contribution in [3.63, 3.8) is 0 Å². The van der Waals surface area contributed by atoms with Crippen molar-refractivity contribution in [1.82, 2.24) is 0 Å². The summed E-state index contributed by atoms with van der Waals surface area (Å²) < 4.78 is 28.3. The number of unbranched alkanes of at least 4 members (excludes halogenated alkanes) is 24. The van der Waals surface area contributed by atoms with E-state index in [0.29, 0.717) is 0 Å². The zero-order valence-corrected chi connectivity index (χ0v) is 39.6. The van der Waals surface area contributed by atoms with E-state index < -0.39 is 11.4 Å². The molecule has 0 amide bonds. The fourth-order valence-electron chi connectivity index (χ4n) is 8.33. The maximum Gasteiger partial charge on any atom is 0.0786 e. The Kier molecular flexibility index (Phi) is 51.1. The second-order valence-electron chi connectivity index (χ2n) is 17.2. The molecule has 0 rings (SSSR count). The van der Waals surface area contributed by atoms with Gasteiger partial charge in [-0.1, -0.05) is 158 Å². The highest BCUT2D eigenvalue weighted by Gasteiger charge is 2.27. The Labute approximate surface area is 345 Å². The number of nitrogens with zero attached hydrogens (tertiary/aromatic N) is 2. The Morgan fingerprint density at radius 3 is 0.463 bits per heavy atom. The molecule has 0 radical (unpaired) electrons. The summed E-state index contributed by atoms with van der Waals surface area (Å²) in [6.45, 7) is 30.4. The zero-order valence-electron chi connectivity index (χ0n) is 38.8. The molecule has 0 saturated heterocycles. The van der Waals surface area contributed by atoms with Gasteiger partial charge in [-0.3, -0.25) is 4.21 Å². The van der Waals surface area contributed by atoms with Gasteiger partial charge in [0.05, 0.1) is 52.4 Å². The smallest absolute Gasteiger partial charge is 0.0786 e. The van der Waals surface area contributed by atoms with Crippen LogP contribution in [0.4, 0.5) is 0 Å². The highest BCUT2D eigenvalue weighted by molar-refractivity contribution is 7.72. The van der Waals surface area contributed by atoms with Crippen LogP contribution in [0.1, 0.15) is 261 Å². The van der Waals surface area contributed by atoms with Crippen LogP contribution in [-0.2, 0) is 11.4 Å². The molecule has 0 heterocycles. The first-order chi connectivity index (χ1) is 26.2. The van der Waals surface area contributed by atoms with E-state index in [1.807, 2.05) is 0 Å². The highest BCUT2D eigenvalue weighted by atomic mass is 32.2. The fraction of sp³-hybridized carbons (Fsp3) is 1.00. The van der Waals surface area contributed by atoms with Crippen molar-refractivity contribution in [3.05, 3.63) is 0 Å². The summed E-state index contributed by atoms with van der Waals surface area (Å²) in [7, 11) is 0. The first kappa shape index (κ1) is 58.3. The fourth-order valence-corrected chi connectivity index (χ4v) is 8.33. The van der Waals surface area contributed by atoms with Crippen molar-refractivity contribution in [2.24, 2.45) is 0 Å². The zero-order chi connectivity index (χ0) is 40.9. The second-order valence-corrected chi connectivity index (χ2v) is 17.6. The number of hydrogen-bond acceptors (Lipinski definition) is 3. The molecule has 0 atom stereocenters. The lowest BCUT2D eigenvalue weighted by Gasteiger charge is -2.39. The third-order valence-electron chi connectivity index (χ3n) is 11.9.